The average molecular weight is 792 g/mol. The first kappa shape index (κ1) is 43.5. The van der Waals surface area contributed by atoms with E-state index in [1.54, 1.807) is 29.2 Å². The second-order valence-corrected chi connectivity index (χ2v) is 13.9. The molecular formula is C41H54ClN7O7. The Morgan fingerprint density at radius 2 is 1.70 bits per heavy atom. The lowest BCUT2D eigenvalue weighted by Crippen LogP contribution is -2.55. The molecule has 0 spiro atoms. The van der Waals surface area contributed by atoms with Crippen LogP contribution >= 0.6 is 12.4 Å². The van der Waals surface area contributed by atoms with Crippen LogP contribution in [0.4, 0.5) is 0 Å². The van der Waals surface area contributed by atoms with Crippen LogP contribution in [0.1, 0.15) is 71.3 Å². The number of hydrogen-bond donors (Lipinski definition) is 5. The number of nitrogens with one attached hydrogen (secondary N) is 4. The molecule has 0 radical (unpaired) electrons. The highest BCUT2D eigenvalue weighted by atomic mass is 35.5. The van der Waals surface area contributed by atoms with Crippen LogP contribution in [0, 0.1) is 0 Å². The number of pyridine rings is 1. The van der Waals surface area contributed by atoms with E-state index in [1.807, 2.05) is 36.4 Å². The minimum atomic E-state index is -0.979. The number of fused-ring (bicyclic) bond motifs is 3. The van der Waals surface area contributed by atoms with Crippen molar-refractivity contribution in [2.45, 2.75) is 76.3 Å². The number of carbonyl (C=O) groups excluding carboxylic acids is 5. The molecule has 5 rings (SSSR count). The van der Waals surface area contributed by atoms with Crippen molar-refractivity contribution in [3.63, 3.8) is 0 Å². The summed E-state index contributed by atoms with van der Waals surface area (Å²) in [6.45, 7) is 1.35. The van der Waals surface area contributed by atoms with E-state index >= 15 is 0 Å². The zero-order valence-electron chi connectivity index (χ0n) is 32.0. The number of unbranched alkanes of at least 4 members (excludes halogenated alkanes) is 1. The van der Waals surface area contributed by atoms with E-state index in [9.17, 15) is 24.0 Å². The number of rotatable bonds is 8. The van der Waals surface area contributed by atoms with Gasteiger partial charge in [0.2, 0.25) is 29.5 Å². The number of nitrogens with two attached hydrogens (primary N) is 1. The summed E-state index contributed by atoms with van der Waals surface area (Å²) in [5.74, 6) is -1.02. The van der Waals surface area contributed by atoms with Gasteiger partial charge in [-0.25, -0.2) is 4.98 Å². The number of halogens is 1. The maximum atomic E-state index is 14.1. The maximum Gasteiger partial charge on any atom is 0.259 e. The Kier molecular flexibility index (Phi) is 17.4. The van der Waals surface area contributed by atoms with Gasteiger partial charge in [0.25, 0.3) is 5.91 Å². The number of benzene rings is 2. The minimum Gasteiger partial charge on any atom is -0.492 e. The summed E-state index contributed by atoms with van der Waals surface area (Å²) in [7, 11) is 1.48. The quantitative estimate of drug-likeness (QED) is 0.213. The standard InChI is InChI=1S/C41H53N7O7.ClH/c1-54-40-32(27-30-13-8-16-33(30)47-40)41(53)48-21-9-17-36(49)43-20-23-55-31-14-7-12-29(24-31)26-37(50)45-34(15-5-6-18-42)39(52)46-35(38(51)44-19-22-48)25-28-10-3-2-4-11-28;/h2-4,7,10-12,14,24,27,34-35H,5-6,8-9,13,15-23,25-26,42H2,1H3,(H,43,49)(H,44,51)(H,45,50)(H,46,52);1H/t34-,35+;/m0./s1. The number of nitrogens with zero attached hydrogens (tertiary/aromatic N) is 2. The first-order valence-electron chi connectivity index (χ1n) is 19.2. The van der Waals surface area contributed by atoms with Crippen molar-refractivity contribution >= 4 is 41.9 Å². The number of carbonyl (C=O) groups is 5. The zero-order chi connectivity index (χ0) is 39.0. The molecule has 302 valence electrons. The van der Waals surface area contributed by atoms with Crippen LogP contribution in [0.3, 0.4) is 0 Å². The highest BCUT2D eigenvalue weighted by molar-refractivity contribution is 5.97. The smallest absolute Gasteiger partial charge is 0.259 e. The predicted molar refractivity (Wildman–Crippen MR) is 214 cm³/mol. The van der Waals surface area contributed by atoms with E-state index < -0.39 is 23.9 Å². The molecular weight excluding hydrogens is 738 g/mol. The van der Waals surface area contributed by atoms with Crippen LogP contribution in [-0.4, -0.2) is 97.9 Å². The van der Waals surface area contributed by atoms with Crippen LogP contribution in [0.2, 0.25) is 0 Å². The number of ether oxygens (including phenoxy) is 2. The Bertz CT molecular complexity index is 1800. The SMILES string of the molecule is COc1nc2c(cc1C(=O)N1CCCC(=O)NCCOc3cccc(c3)CC(=O)N[C@@H](CCCCN)C(=O)N[C@H](Cc3ccccc3)C(=O)NCC1)CCC2.Cl. The summed E-state index contributed by atoms with van der Waals surface area (Å²) in [5.41, 5.74) is 9.52. The molecule has 0 saturated heterocycles. The molecule has 3 aromatic rings. The zero-order valence-corrected chi connectivity index (χ0v) is 32.8. The van der Waals surface area contributed by atoms with Gasteiger partial charge >= 0.3 is 0 Å². The number of hydrogen-bond acceptors (Lipinski definition) is 9. The van der Waals surface area contributed by atoms with Gasteiger partial charge in [-0.15, -0.1) is 12.4 Å². The third-order valence-corrected chi connectivity index (χ3v) is 9.71. The van der Waals surface area contributed by atoms with Gasteiger partial charge in [-0.2, -0.15) is 0 Å². The van der Waals surface area contributed by atoms with Crippen molar-refractivity contribution < 1.29 is 33.4 Å². The average Bonchev–Trinajstić information content (AvgIpc) is 3.65. The fourth-order valence-corrected chi connectivity index (χ4v) is 6.83. The summed E-state index contributed by atoms with van der Waals surface area (Å²) >= 11 is 0. The molecule has 2 aromatic carbocycles. The molecule has 1 aromatic heterocycles. The maximum absolute atomic E-state index is 14.1. The molecule has 0 fully saturated rings. The largest absolute Gasteiger partial charge is 0.492 e. The van der Waals surface area contributed by atoms with E-state index in [4.69, 9.17) is 15.2 Å². The van der Waals surface area contributed by atoms with E-state index in [2.05, 4.69) is 26.3 Å². The molecule has 14 nitrogen and oxygen atoms in total. The van der Waals surface area contributed by atoms with Crippen molar-refractivity contribution in [2.24, 2.45) is 5.73 Å². The third-order valence-electron chi connectivity index (χ3n) is 9.71. The van der Waals surface area contributed by atoms with E-state index in [0.29, 0.717) is 49.1 Å². The topological polar surface area (TPSA) is 194 Å². The van der Waals surface area contributed by atoms with Crippen molar-refractivity contribution in [3.05, 3.63) is 88.6 Å². The molecule has 0 unspecified atom stereocenters. The molecule has 2 atom stereocenters. The Morgan fingerprint density at radius 1 is 0.875 bits per heavy atom. The number of aryl methyl sites for hydroxylation is 2. The van der Waals surface area contributed by atoms with Crippen molar-refractivity contribution in [2.75, 3.05) is 46.4 Å². The van der Waals surface area contributed by atoms with Crippen LogP contribution in [0.15, 0.2) is 60.7 Å². The molecule has 2 heterocycles. The summed E-state index contributed by atoms with van der Waals surface area (Å²) < 4.78 is 11.4. The molecule has 56 heavy (non-hydrogen) atoms. The lowest BCUT2D eigenvalue weighted by atomic mass is 10.0. The fraction of sp³-hybridized carbons (Fsp3) is 0.463. The second-order valence-electron chi connectivity index (χ2n) is 13.9. The Balaban J connectivity index is 0.00000696. The number of aromatic nitrogens is 1. The lowest BCUT2D eigenvalue weighted by Gasteiger charge is -2.26. The molecule has 0 saturated carbocycles. The molecule has 5 amide bonds. The molecule has 6 N–H and O–H groups in total. The van der Waals surface area contributed by atoms with Crippen LogP contribution < -0.4 is 36.5 Å². The lowest BCUT2D eigenvalue weighted by molar-refractivity contribution is -0.132. The number of amides is 5. The summed E-state index contributed by atoms with van der Waals surface area (Å²) in [5, 5.41) is 11.6. The Hall–Kier alpha value is -5.21. The van der Waals surface area contributed by atoms with Crippen molar-refractivity contribution in [1.82, 2.24) is 31.2 Å². The fourth-order valence-electron chi connectivity index (χ4n) is 6.83. The van der Waals surface area contributed by atoms with E-state index in [1.165, 1.54) is 7.11 Å². The first-order valence-corrected chi connectivity index (χ1v) is 19.2. The molecule has 1 aliphatic carbocycles. The van der Waals surface area contributed by atoms with Gasteiger partial charge < -0.3 is 41.4 Å². The van der Waals surface area contributed by atoms with Gasteiger partial charge in [-0.3, -0.25) is 24.0 Å². The van der Waals surface area contributed by atoms with Crippen molar-refractivity contribution in [3.8, 4) is 11.6 Å². The van der Waals surface area contributed by atoms with Crippen LogP contribution in [0.25, 0.3) is 0 Å². The second kappa shape index (κ2) is 22.4. The molecule has 2 aliphatic rings. The first-order chi connectivity index (χ1) is 26.7. The van der Waals surface area contributed by atoms with Gasteiger partial charge in [0.05, 0.1) is 20.1 Å². The highest BCUT2D eigenvalue weighted by Gasteiger charge is 2.29. The van der Waals surface area contributed by atoms with Crippen LogP contribution in [0.5, 0.6) is 11.6 Å². The number of methoxy groups -OCH3 is 1. The predicted octanol–water partition coefficient (Wildman–Crippen LogP) is 2.43. The van der Waals surface area contributed by atoms with Gasteiger partial charge in [0, 0.05) is 38.2 Å². The van der Waals surface area contributed by atoms with Gasteiger partial charge in [0.1, 0.15) is 30.0 Å². The highest BCUT2D eigenvalue weighted by Crippen LogP contribution is 2.27. The molecule has 1 aliphatic heterocycles. The van der Waals surface area contributed by atoms with E-state index in [0.717, 1.165) is 36.1 Å². The van der Waals surface area contributed by atoms with Crippen LogP contribution in [-0.2, 0) is 44.9 Å². The van der Waals surface area contributed by atoms with Gasteiger partial charge in [0.15, 0.2) is 0 Å². The summed E-state index contributed by atoms with van der Waals surface area (Å²) in [6.07, 6.45) is 4.93. The minimum absolute atomic E-state index is 0. The normalized spacial score (nSPS) is 18.9. The van der Waals surface area contributed by atoms with E-state index in [-0.39, 0.29) is 88.1 Å². The van der Waals surface area contributed by atoms with Gasteiger partial charge in [-0.05, 0) is 86.4 Å². The summed E-state index contributed by atoms with van der Waals surface area (Å²) in [4.78, 5) is 74.1. The monoisotopic (exact) mass is 791 g/mol. The summed E-state index contributed by atoms with van der Waals surface area (Å²) in [6, 6.07) is 16.4. The van der Waals surface area contributed by atoms with Crippen molar-refractivity contribution in [1.29, 1.82) is 0 Å². The van der Waals surface area contributed by atoms with Gasteiger partial charge in [-0.1, -0.05) is 42.5 Å². The third kappa shape index (κ3) is 12.9. The molecule has 2 bridgehead atoms. The molecule has 15 heteroatoms. The Labute approximate surface area is 334 Å². The Morgan fingerprint density at radius 3 is 2.48 bits per heavy atom.